The molecule has 0 saturated carbocycles. The van der Waals surface area contributed by atoms with Crippen molar-refractivity contribution in [3.63, 3.8) is 0 Å². The molecular weight excluding hydrogens is 240 g/mol. The second-order valence-electron chi connectivity index (χ2n) is 0. The number of rotatable bonds is 0. The van der Waals surface area contributed by atoms with E-state index in [0.717, 1.165) is 0 Å². The van der Waals surface area contributed by atoms with E-state index in [1.54, 1.807) is 0 Å². The number of hydrogen-bond donors (Lipinski definition) is 0. The smallest absolute Gasteiger partial charge is 2.00 e. The fourth-order valence-electron chi connectivity index (χ4n) is 0. The molecule has 0 heterocycles. The van der Waals surface area contributed by atoms with Gasteiger partial charge in [0.15, 0.2) is 0 Å². The van der Waals surface area contributed by atoms with E-state index in [0.29, 0.717) is 0 Å². The van der Waals surface area contributed by atoms with Gasteiger partial charge in [-0.15, -0.1) is 0 Å². The topological polar surface area (TPSA) is 85.5 Å². The van der Waals surface area contributed by atoms with Gasteiger partial charge in [0.2, 0.25) is 0 Å². The van der Waals surface area contributed by atoms with Crippen molar-refractivity contribution in [2.24, 2.45) is 0 Å². The summed E-state index contributed by atoms with van der Waals surface area (Å²) in [6.45, 7) is 0. The van der Waals surface area contributed by atoms with Crippen LogP contribution in [0.1, 0.15) is 0 Å². The van der Waals surface area contributed by atoms with Gasteiger partial charge in [-0.3, -0.25) is 0 Å². The molecule has 0 aliphatic heterocycles. The van der Waals surface area contributed by atoms with E-state index in [-0.39, 0.29) is 36.5 Å². The summed E-state index contributed by atoms with van der Waals surface area (Å²) in [4.78, 5) is 0. The normalized spacial score (nSPS) is 0. The third-order valence-corrected chi connectivity index (χ3v) is 0. The molecule has 0 aromatic rings. The molecule has 0 aromatic carbocycles. The molecule has 4 heteroatoms. The van der Waals surface area contributed by atoms with Crippen LogP contribution in [0.2, 0.25) is 0 Å². The zero-order chi connectivity index (χ0) is 0. The molecule has 0 aromatic heterocycles. The maximum absolute atomic E-state index is 0. The van der Waals surface area contributed by atoms with Crippen LogP contribution in [0.3, 0.4) is 0 Å². The molecule has 0 aliphatic carbocycles. The third-order valence-electron chi connectivity index (χ3n) is 0. The van der Waals surface area contributed by atoms with Crippen LogP contribution < -0.4 is 0 Å². The van der Waals surface area contributed by atoms with E-state index in [1.807, 2.05) is 0 Å². The third kappa shape index (κ3) is 21.1. The van der Waals surface area contributed by atoms with Gasteiger partial charge in [-0.25, -0.2) is 0 Å². The van der Waals surface area contributed by atoms with Crippen molar-refractivity contribution >= 4 is 0 Å². The van der Waals surface area contributed by atoms with Crippen molar-refractivity contribution in [3.05, 3.63) is 0 Å². The Morgan fingerprint density at radius 3 is 0.750 bits per heavy atom. The van der Waals surface area contributed by atoms with Gasteiger partial charge in [-0.1, -0.05) is 0 Å². The largest absolute Gasteiger partial charge is 4.00 e. The molecule has 0 amide bonds. The Labute approximate surface area is 37.3 Å². The fourth-order valence-corrected chi connectivity index (χ4v) is 0. The Morgan fingerprint density at radius 2 is 0.750 bits per heavy atom. The predicted molar refractivity (Wildman–Crippen MR) is 2.06 cm³/mol. The molecule has 27 valence electrons. The first kappa shape index (κ1) is 201. The predicted octanol–water partition coefficient (Wildman–Crippen LogP) is -0.359. The second kappa shape index (κ2) is 80.6. The maximum Gasteiger partial charge on any atom is 4.00 e. The first-order valence-corrected chi connectivity index (χ1v) is 0. The zero-order valence-electron chi connectivity index (χ0n) is 1.56. The van der Waals surface area contributed by atoms with Crippen molar-refractivity contribution < 1.29 is 36.5 Å². The van der Waals surface area contributed by atoms with E-state index < -0.39 is 0 Å². The monoisotopic (exact) mass is 241 g/mol. The summed E-state index contributed by atoms with van der Waals surface area (Å²) >= 11 is 0. The van der Waals surface area contributed by atoms with Crippen LogP contribution in [0.25, 0.3) is 0 Å². The average Bonchev–Trinajstić information content (AvgIpc) is 0. The van der Waals surface area contributed by atoms with E-state index in [1.165, 1.54) is 0 Å². The molecule has 0 saturated heterocycles. The molecular formula is IrO3. The molecule has 0 fully saturated rings. The SMILES string of the molecule is [Ir+4].[O-2].[O-2].[O]. The van der Waals surface area contributed by atoms with Gasteiger partial charge in [0.25, 0.3) is 0 Å². The maximum atomic E-state index is 0. The quantitative estimate of drug-likeness (QED) is 0.554. The van der Waals surface area contributed by atoms with Gasteiger partial charge in [0.05, 0.1) is 0 Å². The summed E-state index contributed by atoms with van der Waals surface area (Å²) in [7, 11) is 0. The van der Waals surface area contributed by atoms with Crippen molar-refractivity contribution in [2.45, 2.75) is 0 Å². The molecule has 0 bridgehead atoms. The fraction of sp³-hybridized carbons (Fsp3) is 0. The summed E-state index contributed by atoms with van der Waals surface area (Å²) in [5.74, 6) is 0. The number of hydrogen-bond acceptors (Lipinski definition) is 0. The second-order valence-corrected chi connectivity index (χ2v) is 0. The van der Waals surface area contributed by atoms with E-state index >= 15 is 0 Å². The van der Waals surface area contributed by atoms with E-state index in [9.17, 15) is 0 Å². The van der Waals surface area contributed by atoms with Crippen LogP contribution in [0.5, 0.6) is 0 Å². The molecule has 0 atom stereocenters. The molecule has 3 radical (unpaired) electrons. The van der Waals surface area contributed by atoms with Crippen LogP contribution in [-0.4, -0.2) is 0 Å². The van der Waals surface area contributed by atoms with Crippen LogP contribution >= 0.6 is 0 Å². The van der Waals surface area contributed by atoms with Crippen LogP contribution in [-0.2, 0) is 36.5 Å². The molecule has 0 spiro atoms. The first-order chi connectivity index (χ1) is 0. The molecule has 3 nitrogen and oxygen atoms in total. The minimum Gasteiger partial charge on any atom is -2.00 e. The summed E-state index contributed by atoms with van der Waals surface area (Å²) in [5, 5.41) is 0. The Bertz CT molecular complexity index is 3.25. The Hall–Kier alpha value is 0.529. The molecule has 0 unspecified atom stereocenters. The minimum atomic E-state index is 0. The Balaban J connectivity index is 0. The summed E-state index contributed by atoms with van der Waals surface area (Å²) in [6.07, 6.45) is 0. The zero-order valence-corrected chi connectivity index (χ0v) is 3.95. The van der Waals surface area contributed by atoms with Gasteiger partial charge >= 0.3 is 20.1 Å². The van der Waals surface area contributed by atoms with Gasteiger partial charge < -0.3 is 11.0 Å². The summed E-state index contributed by atoms with van der Waals surface area (Å²) < 4.78 is 0. The molecule has 4 heavy (non-hydrogen) atoms. The van der Waals surface area contributed by atoms with Crippen molar-refractivity contribution in [1.29, 1.82) is 0 Å². The van der Waals surface area contributed by atoms with Gasteiger partial charge in [-0.05, 0) is 0 Å². The molecule has 0 N–H and O–H groups in total. The Morgan fingerprint density at radius 1 is 0.750 bits per heavy atom. The van der Waals surface area contributed by atoms with Gasteiger partial charge in [0.1, 0.15) is 0 Å². The van der Waals surface area contributed by atoms with E-state index in [4.69, 9.17) is 0 Å². The summed E-state index contributed by atoms with van der Waals surface area (Å²) in [5.41, 5.74) is 0. The van der Waals surface area contributed by atoms with Crippen LogP contribution in [0.15, 0.2) is 0 Å². The van der Waals surface area contributed by atoms with E-state index in [2.05, 4.69) is 0 Å². The van der Waals surface area contributed by atoms with Crippen molar-refractivity contribution in [2.75, 3.05) is 0 Å². The first-order valence-electron chi connectivity index (χ1n) is 0. The van der Waals surface area contributed by atoms with Crippen molar-refractivity contribution in [3.8, 4) is 0 Å². The standard InChI is InChI=1S/Ir.3O/q+4;;2*-2. The van der Waals surface area contributed by atoms with Crippen LogP contribution in [0, 0.1) is 0 Å². The van der Waals surface area contributed by atoms with Gasteiger partial charge in [-0.2, -0.15) is 0 Å². The molecule has 0 aliphatic rings. The summed E-state index contributed by atoms with van der Waals surface area (Å²) in [6, 6.07) is 0. The van der Waals surface area contributed by atoms with Crippen LogP contribution in [0.4, 0.5) is 0 Å². The van der Waals surface area contributed by atoms with Crippen molar-refractivity contribution in [1.82, 2.24) is 0 Å². The minimum absolute atomic E-state index is 0. The van der Waals surface area contributed by atoms with Gasteiger partial charge in [0, 0.05) is 5.48 Å². The molecule has 0 rings (SSSR count). The average molecular weight is 240 g/mol. The Kier molecular flexibility index (Phi) is 4060.